The number of aromatic nitrogens is 8. The maximum absolute atomic E-state index is 4.88. The molecule has 0 aliphatic carbocycles. The maximum Gasteiger partial charge on any atom is 0.238 e. The van der Waals surface area contributed by atoms with Crippen molar-refractivity contribution in [3.8, 4) is 0 Å². The minimum absolute atomic E-state index is 0.378. The van der Waals surface area contributed by atoms with Crippen LogP contribution in [-0.4, -0.2) is 40.4 Å². The van der Waals surface area contributed by atoms with E-state index in [0.717, 1.165) is 0 Å². The molecule has 2 heterocycles. The first-order valence-electron chi connectivity index (χ1n) is 3.46. The summed E-state index contributed by atoms with van der Waals surface area (Å²) in [4.78, 5) is 0. The molecule has 0 radical (unpaired) electrons. The van der Waals surface area contributed by atoms with E-state index in [2.05, 4.69) is 31.1 Å². The molecule has 0 saturated heterocycles. The first-order chi connectivity index (χ1) is 6.27. The Morgan fingerprint density at radius 1 is 1.46 bits per heavy atom. The number of hydrogen-bond acceptors (Lipinski definition) is 6. The summed E-state index contributed by atoms with van der Waals surface area (Å²) < 4.78 is 3.51. The Morgan fingerprint density at radius 3 is 2.85 bits per heavy atom. The van der Waals surface area contributed by atoms with Crippen LogP contribution in [0.1, 0.15) is 5.82 Å². The van der Waals surface area contributed by atoms with Crippen LogP contribution < -0.4 is 0 Å². The predicted molar refractivity (Wildman–Crippen MR) is 43.1 cm³/mol. The van der Waals surface area contributed by atoms with Crippen LogP contribution in [0.3, 0.4) is 0 Å². The Labute approximate surface area is 77.5 Å². The first-order valence-corrected chi connectivity index (χ1v) is 3.87. The molecule has 2 aromatic rings. The minimum atomic E-state index is 0.378. The molecule has 9 heteroatoms. The third-order valence-corrected chi connectivity index (χ3v) is 1.84. The molecule has 0 saturated carbocycles. The van der Waals surface area contributed by atoms with Crippen LogP contribution in [0, 0.1) is 4.77 Å². The maximum atomic E-state index is 4.88. The molecule has 0 aromatic carbocycles. The molecule has 0 spiro atoms. The summed E-state index contributed by atoms with van der Waals surface area (Å²) >= 11 is 4.88. The lowest BCUT2D eigenvalue weighted by Crippen LogP contribution is -2.08. The van der Waals surface area contributed by atoms with Crippen LogP contribution in [0.25, 0.3) is 0 Å². The molecule has 13 heavy (non-hydrogen) atoms. The fraction of sp³-hybridized carbons (Fsp3) is 0.500. The first kappa shape index (κ1) is 7.98. The minimum Gasteiger partial charge on any atom is -0.235 e. The van der Waals surface area contributed by atoms with E-state index in [0.29, 0.717) is 17.1 Å². The lowest BCUT2D eigenvalue weighted by atomic mass is 10.6. The van der Waals surface area contributed by atoms with Gasteiger partial charge in [-0.2, -0.15) is 5.21 Å². The van der Waals surface area contributed by atoms with Gasteiger partial charge in [-0.05, 0) is 22.6 Å². The van der Waals surface area contributed by atoms with Gasteiger partial charge >= 0.3 is 0 Å². The molecule has 0 atom stereocenters. The number of aryl methyl sites for hydroxylation is 1. The van der Waals surface area contributed by atoms with Crippen LogP contribution in [-0.2, 0) is 13.6 Å². The highest BCUT2D eigenvalue weighted by Crippen LogP contribution is 1.92. The van der Waals surface area contributed by atoms with Crippen molar-refractivity contribution >= 4 is 12.2 Å². The van der Waals surface area contributed by atoms with Gasteiger partial charge in [0.1, 0.15) is 6.54 Å². The molecule has 2 aromatic heterocycles. The zero-order chi connectivity index (χ0) is 9.26. The van der Waals surface area contributed by atoms with E-state index in [-0.39, 0.29) is 0 Å². The molecule has 2 rings (SSSR count). The molecule has 1 N–H and O–H groups in total. The Hall–Kier alpha value is -1.64. The molecule has 0 unspecified atom stereocenters. The fourth-order valence-corrected chi connectivity index (χ4v) is 0.988. The van der Waals surface area contributed by atoms with Gasteiger partial charge < -0.3 is 0 Å². The second-order valence-electron chi connectivity index (χ2n) is 2.39. The number of nitrogens with one attached hydrogen (secondary N) is 1. The molecular formula is C4H6N8S. The monoisotopic (exact) mass is 198 g/mol. The van der Waals surface area contributed by atoms with Crippen molar-refractivity contribution in [1.29, 1.82) is 0 Å². The van der Waals surface area contributed by atoms with E-state index < -0.39 is 0 Å². The highest BCUT2D eigenvalue weighted by Gasteiger charge is 2.04. The molecule has 0 bridgehead atoms. The van der Waals surface area contributed by atoms with Gasteiger partial charge in [0.25, 0.3) is 0 Å². The third kappa shape index (κ3) is 1.45. The summed E-state index contributed by atoms with van der Waals surface area (Å²) in [6.45, 7) is 0.440. The lowest BCUT2D eigenvalue weighted by Gasteiger charge is -1.97. The van der Waals surface area contributed by atoms with Gasteiger partial charge in [-0.25, -0.2) is 9.36 Å². The van der Waals surface area contributed by atoms with Crippen molar-refractivity contribution in [2.75, 3.05) is 0 Å². The number of tetrazole rings is 2. The number of hydrogen-bond donors (Lipinski definition) is 1. The fourth-order valence-electron chi connectivity index (χ4n) is 0.842. The summed E-state index contributed by atoms with van der Waals surface area (Å²) in [5, 5.41) is 20.7. The Kier molecular flexibility index (Phi) is 1.85. The number of aromatic amines is 1. The van der Waals surface area contributed by atoms with Gasteiger partial charge in [0, 0.05) is 7.05 Å². The summed E-state index contributed by atoms with van der Waals surface area (Å²) in [5.74, 6) is 0.683. The molecule has 68 valence electrons. The Bertz CT molecular complexity index is 450. The Balaban J connectivity index is 2.29. The molecule has 0 aliphatic heterocycles. The van der Waals surface area contributed by atoms with Gasteiger partial charge in [-0.15, -0.1) is 5.10 Å². The van der Waals surface area contributed by atoms with Gasteiger partial charge in [-0.3, -0.25) is 0 Å². The van der Waals surface area contributed by atoms with E-state index in [1.165, 1.54) is 0 Å². The predicted octanol–water partition coefficient (Wildman–Crippen LogP) is -1.09. The topological polar surface area (TPSA) is 90.1 Å². The third-order valence-electron chi connectivity index (χ3n) is 1.54. The van der Waals surface area contributed by atoms with Crippen LogP contribution in [0.4, 0.5) is 0 Å². The summed E-state index contributed by atoms with van der Waals surface area (Å²) in [6, 6.07) is 0. The van der Waals surface area contributed by atoms with Gasteiger partial charge in [-0.1, -0.05) is 10.3 Å². The summed E-state index contributed by atoms with van der Waals surface area (Å²) in [6.07, 6.45) is 0. The van der Waals surface area contributed by atoms with Crippen LogP contribution in [0.2, 0.25) is 0 Å². The van der Waals surface area contributed by atoms with Crippen molar-refractivity contribution < 1.29 is 0 Å². The smallest absolute Gasteiger partial charge is 0.235 e. The Morgan fingerprint density at radius 2 is 2.31 bits per heavy atom. The standard InChI is InChI=1S/C4H6N8S/c1-11-3(5-7-9-11)2-12-4(13)6-8-10-12/h2H2,1H3,(H,6,10,13). The van der Waals surface area contributed by atoms with Gasteiger partial charge in [0.15, 0.2) is 5.82 Å². The van der Waals surface area contributed by atoms with E-state index >= 15 is 0 Å². The quantitative estimate of drug-likeness (QED) is 0.616. The van der Waals surface area contributed by atoms with Gasteiger partial charge in [0.05, 0.1) is 0 Å². The van der Waals surface area contributed by atoms with Gasteiger partial charge in [0.2, 0.25) is 4.77 Å². The SMILES string of the molecule is Cn1nnnc1Cn1[nH]nnc1=S. The van der Waals surface area contributed by atoms with Crippen molar-refractivity contribution in [2.24, 2.45) is 7.05 Å². The normalized spacial score (nSPS) is 10.5. The molecule has 8 nitrogen and oxygen atoms in total. The zero-order valence-corrected chi connectivity index (χ0v) is 7.56. The molecule has 0 amide bonds. The van der Waals surface area contributed by atoms with Crippen molar-refractivity contribution in [3.63, 3.8) is 0 Å². The average molecular weight is 198 g/mol. The number of rotatable bonds is 2. The van der Waals surface area contributed by atoms with Crippen molar-refractivity contribution in [2.45, 2.75) is 6.54 Å². The second-order valence-corrected chi connectivity index (χ2v) is 2.75. The highest BCUT2D eigenvalue weighted by atomic mass is 32.1. The van der Waals surface area contributed by atoms with E-state index in [1.807, 2.05) is 0 Å². The van der Waals surface area contributed by atoms with Crippen LogP contribution in [0.15, 0.2) is 0 Å². The lowest BCUT2D eigenvalue weighted by molar-refractivity contribution is 0.583. The van der Waals surface area contributed by atoms with E-state index in [1.54, 1.807) is 16.4 Å². The van der Waals surface area contributed by atoms with Crippen molar-refractivity contribution in [3.05, 3.63) is 10.6 Å². The zero-order valence-electron chi connectivity index (χ0n) is 6.75. The second kappa shape index (κ2) is 3.01. The van der Waals surface area contributed by atoms with E-state index in [4.69, 9.17) is 12.2 Å². The largest absolute Gasteiger partial charge is 0.238 e. The average Bonchev–Trinajstić information content (AvgIpc) is 2.65. The number of H-pyrrole nitrogens is 1. The van der Waals surface area contributed by atoms with E-state index in [9.17, 15) is 0 Å². The van der Waals surface area contributed by atoms with Crippen molar-refractivity contribution in [1.82, 2.24) is 40.4 Å². The van der Waals surface area contributed by atoms with Crippen LogP contribution >= 0.6 is 12.2 Å². The summed E-state index contributed by atoms with van der Waals surface area (Å²) in [7, 11) is 1.75. The molecular weight excluding hydrogens is 192 g/mol. The number of nitrogens with zero attached hydrogens (tertiary/aromatic N) is 7. The van der Waals surface area contributed by atoms with Crippen LogP contribution in [0.5, 0.6) is 0 Å². The molecule has 0 aliphatic rings. The molecule has 0 fully saturated rings. The highest BCUT2D eigenvalue weighted by molar-refractivity contribution is 7.71. The summed E-state index contributed by atoms with van der Waals surface area (Å²) in [5.41, 5.74) is 0.